The number of hydrogen-bond acceptors (Lipinski definition) is 4. The minimum absolute atomic E-state index is 0.0273. The molecule has 6 heteroatoms. The van der Waals surface area contributed by atoms with Crippen LogP contribution in [-0.4, -0.2) is 27.8 Å². The lowest BCUT2D eigenvalue weighted by atomic mass is 9.95. The van der Waals surface area contributed by atoms with Crippen LogP contribution in [0.3, 0.4) is 0 Å². The highest BCUT2D eigenvalue weighted by Crippen LogP contribution is 2.31. The van der Waals surface area contributed by atoms with Crippen molar-refractivity contribution in [1.29, 1.82) is 0 Å². The summed E-state index contributed by atoms with van der Waals surface area (Å²) >= 11 is 1.39. The van der Waals surface area contributed by atoms with Crippen molar-refractivity contribution in [3.05, 3.63) is 34.6 Å². The lowest BCUT2D eigenvalue weighted by molar-refractivity contribution is -0.118. The monoisotopic (exact) mass is 371 g/mol. The van der Waals surface area contributed by atoms with Crippen LogP contribution in [0.4, 0.5) is 0 Å². The van der Waals surface area contributed by atoms with Crippen LogP contribution in [0.2, 0.25) is 0 Å². The third kappa shape index (κ3) is 3.95. The number of nitrogens with one attached hydrogen (secondary N) is 1. The van der Waals surface area contributed by atoms with E-state index in [1.165, 1.54) is 31.0 Å². The van der Waals surface area contributed by atoms with Gasteiger partial charge in [-0.25, -0.2) is 4.98 Å². The predicted molar refractivity (Wildman–Crippen MR) is 105 cm³/mol. The van der Waals surface area contributed by atoms with Crippen molar-refractivity contribution in [2.24, 2.45) is 5.92 Å². The number of rotatable bonds is 6. The van der Waals surface area contributed by atoms with Gasteiger partial charge in [-0.3, -0.25) is 14.2 Å². The number of carbonyl (C=O) groups excluding carboxylic acids is 1. The molecule has 1 amide bonds. The van der Waals surface area contributed by atoms with E-state index >= 15 is 0 Å². The Morgan fingerprint density at radius 2 is 1.92 bits per heavy atom. The molecule has 2 aliphatic rings. The Bertz CT molecular complexity index is 854. The van der Waals surface area contributed by atoms with Crippen LogP contribution in [0.5, 0.6) is 0 Å². The Labute approximate surface area is 157 Å². The predicted octanol–water partition coefficient (Wildman–Crippen LogP) is 3.52. The van der Waals surface area contributed by atoms with E-state index in [0.717, 1.165) is 32.2 Å². The van der Waals surface area contributed by atoms with Gasteiger partial charge in [0.05, 0.1) is 16.7 Å². The Kier molecular flexibility index (Phi) is 5.29. The summed E-state index contributed by atoms with van der Waals surface area (Å²) in [6.45, 7) is 0.778. The summed E-state index contributed by atoms with van der Waals surface area (Å²) in [6, 6.07) is 7.70. The minimum atomic E-state index is 0.0273. The fourth-order valence-corrected chi connectivity index (χ4v) is 4.55. The highest BCUT2D eigenvalue weighted by Gasteiger charge is 2.23. The lowest BCUT2D eigenvalue weighted by Gasteiger charge is -2.26. The molecule has 0 spiro atoms. The van der Waals surface area contributed by atoms with Crippen molar-refractivity contribution >= 4 is 28.6 Å². The van der Waals surface area contributed by atoms with Gasteiger partial charge in [0.2, 0.25) is 5.91 Å². The van der Waals surface area contributed by atoms with E-state index in [1.807, 2.05) is 28.8 Å². The van der Waals surface area contributed by atoms with Gasteiger partial charge in [0.15, 0.2) is 5.16 Å². The maximum Gasteiger partial charge on any atom is 0.262 e. The van der Waals surface area contributed by atoms with Crippen LogP contribution in [0.25, 0.3) is 10.9 Å². The second kappa shape index (κ2) is 7.82. The molecule has 2 fully saturated rings. The van der Waals surface area contributed by atoms with E-state index < -0.39 is 0 Å². The van der Waals surface area contributed by atoms with Crippen LogP contribution in [0.1, 0.15) is 51.0 Å². The number of benzene rings is 1. The zero-order valence-electron chi connectivity index (χ0n) is 14.9. The molecule has 0 unspecified atom stereocenters. The average Bonchev–Trinajstić information content (AvgIpc) is 3.50. The quantitative estimate of drug-likeness (QED) is 0.623. The van der Waals surface area contributed by atoms with Crippen LogP contribution in [-0.2, 0) is 4.79 Å². The summed E-state index contributed by atoms with van der Waals surface area (Å²) in [6.07, 6.45) is 8.01. The molecule has 2 aliphatic carbocycles. The van der Waals surface area contributed by atoms with E-state index in [-0.39, 0.29) is 17.5 Å². The smallest absolute Gasteiger partial charge is 0.262 e. The molecule has 4 rings (SSSR count). The van der Waals surface area contributed by atoms with Crippen molar-refractivity contribution < 1.29 is 4.79 Å². The summed E-state index contributed by atoms with van der Waals surface area (Å²) < 4.78 is 1.86. The molecule has 0 atom stereocenters. The standard InChI is InChI=1S/C20H25N3O2S/c24-18(21-12-14-10-11-14)13-26-20-22-17-9-5-4-8-16(17)19(25)23(20)15-6-2-1-3-7-15/h4-5,8-9,14-15H,1-3,6-7,10-13H2,(H,21,24). The van der Waals surface area contributed by atoms with Gasteiger partial charge in [-0.1, -0.05) is 43.2 Å². The molecule has 0 saturated heterocycles. The largest absolute Gasteiger partial charge is 0.355 e. The molecule has 1 N–H and O–H groups in total. The van der Waals surface area contributed by atoms with E-state index in [4.69, 9.17) is 4.98 Å². The molecule has 138 valence electrons. The first-order valence-corrected chi connectivity index (χ1v) is 10.6. The third-order valence-electron chi connectivity index (χ3n) is 5.33. The number of fused-ring (bicyclic) bond motifs is 1. The zero-order valence-corrected chi connectivity index (χ0v) is 15.8. The van der Waals surface area contributed by atoms with E-state index in [0.29, 0.717) is 27.7 Å². The summed E-state index contributed by atoms with van der Waals surface area (Å²) in [5, 5.41) is 4.34. The van der Waals surface area contributed by atoms with E-state index in [2.05, 4.69) is 5.32 Å². The van der Waals surface area contributed by atoms with Gasteiger partial charge in [-0.2, -0.15) is 0 Å². The topological polar surface area (TPSA) is 64.0 Å². The number of carbonyl (C=O) groups is 1. The van der Waals surface area contributed by atoms with E-state index in [1.54, 1.807) is 0 Å². The second-order valence-corrected chi connectivity index (χ2v) is 8.36. The molecule has 2 saturated carbocycles. The molecule has 1 aromatic heterocycles. The molecule has 5 nitrogen and oxygen atoms in total. The number of para-hydroxylation sites is 1. The number of thioether (sulfide) groups is 1. The van der Waals surface area contributed by atoms with Crippen molar-refractivity contribution in [3.63, 3.8) is 0 Å². The van der Waals surface area contributed by atoms with Gasteiger partial charge in [0, 0.05) is 12.6 Å². The minimum Gasteiger partial charge on any atom is -0.355 e. The molecular formula is C20H25N3O2S. The maximum absolute atomic E-state index is 13.1. The number of nitrogens with zero attached hydrogens (tertiary/aromatic N) is 2. The fraction of sp³-hybridized carbons (Fsp3) is 0.550. The highest BCUT2D eigenvalue weighted by molar-refractivity contribution is 7.99. The van der Waals surface area contributed by atoms with Gasteiger partial charge < -0.3 is 5.32 Å². The van der Waals surface area contributed by atoms with E-state index in [9.17, 15) is 9.59 Å². The molecular weight excluding hydrogens is 346 g/mol. The number of amides is 1. The van der Waals surface area contributed by atoms with Gasteiger partial charge in [0.25, 0.3) is 5.56 Å². The highest BCUT2D eigenvalue weighted by atomic mass is 32.2. The SMILES string of the molecule is O=C(CSc1nc2ccccc2c(=O)n1C1CCCCC1)NCC1CC1. The molecule has 0 radical (unpaired) electrons. The zero-order chi connectivity index (χ0) is 17.9. The van der Waals surface area contributed by atoms with Gasteiger partial charge in [-0.05, 0) is 43.7 Å². The van der Waals surface area contributed by atoms with Crippen molar-refractivity contribution in [2.75, 3.05) is 12.3 Å². The summed E-state index contributed by atoms with van der Waals surface area (Å²) in [5.41, 5.74) is 0.744. The third-order valence-corrected chi connectivity index (χ3v) is 6.29. The van der Waals surface area contributed by atoms with Gasteiger partial charge in [-0.15, -0.1) is 0 Å². The Hall–Kier alpha value is -1.82. The Balaban J connectivity index is 1.60. The second-order valence-electron chi connectivity index (χ2n) is 7.41. The maximum atomic E-state index is 13.1. The van der Waals surface area contributed by atoms with Gasteiger partial charge in [0.1, 0.15) is 0 Å². The molecule has 1 heterocycles. The normalized spacial score (nSPS) is 18.2. The van der Waals surface area contributed by atoms with Crippen LogP contribution in [0.15, 0.2) is 34.2 Å². The molecule has 2 aromatic rings. The van der Waals surface area contributed by atoms with Crippen LogP contribution in [0, 0.1) is 5.92 Å². The molecule has 1 aromatic carbocycles. The average molecular weight is 372 g/mol. The first kappa shape index (κ1) is 17.6. The van der Waals surface area contributed by atoms with Crippen molar-refractivity contribution in [3.8, 4) is 0 Å². The van der Waals surface area contributed by atoms with Gasteiger partial charge >= 0.3 is 0 Å². The fourth-order valence-electron chi connectivity index (χ4n) is 3.65. The Morgan fingerprint density at radius 1 is 1.15 bits per heavy atom. The summed E-state index contributed by atoms with van der Waals surface area (Å²) in [7, 11) is 0. The molecule has 26 heavy (non-hydrogen) atoms. The van der Waals surface area contributed by atoms with Crippen LogP contribution < -0.4 is 10.9 Å². The molecule has 0 bridgehead atoms. The molecule has 0 aliphatic heterocycles. The van der Waals surface area contributed by atoms with Crippen molar-refractivity contribution in [1.82, 2.24) is 14.9 Å². The Morgan fingerprint density at radius 3 is 2.69 bits per heavy atom. The lowest BCUT2D eigenvalue weighted by Crippen LogP contribution is -2.30. The first-order valence-electron chi connectivity index (χ1n) is 9.63. The van der Waals surface area contributed by atoms with Crippen molar-refractivity contribution in [2.45, 2.75) is 56.1 Å². The first-order chi connectivity index (χ1) is 12.7. The number of aromatic nitrogens is 2. The summed E-state index contributed by atoms with van der Waals surface area (Å²) in [4.78, 5) is 30.0. The van der Waals surface area contributed by atoms with Crippen LogP contribution >= 0.6 is 11.8 Å². The summed E-state index contributed by atoms with van der Waals surface area (Å²) in [5.74, 6) is 1.01. The number of hydrogen-bond donors (Lipinski definition) is 1.